The zero-order chi connectivity index (χ0) is 16.1. The molecular weight excluding hydrogens is 284 g/mol. The molecule has 2 aliphatic heterocycles. The van der Waals surface area contributed by atoms with E-state index in [1.807, 2.05) is 7.05 Å². The predicted molar refractivity (Wildman–Crippen MR) is 97.6 cm³/mol. The first kappa shape index (κ1) is 16.1. The minimum Gasteiger partial charge on any atom is -0.355 e. The van der Waals surface area contributed by atoms with Crippen LogP contribution in [0.3, 0.4) is 0 Å². The summed E-state index contributed by atoms with van der Waals surface area (Å²) in [6.45, 7) is 4.18. The maximum Gasteiger partial charge on any atom is 0.193 e. The van der Waals surface area contributed by atoms with Crippen molar-refractivity contribution in [3.05, 3.63) is 42.0 Å². The number of guanidine groups is 1. The number of nitrogens with one attached hydrogen (secondary N) is 1. The molecule has 4 nitrogen and oxygen atoms in total. The molecule has 0 saturated carbocycles. The van der Waals surface area contributed by atoms with Crippen LogP contribution in [0.25, 0.3) is 5.57 Å². The molecule has 1 unspecified atom stereocenters. The summed E-state index contributed by atoms with van der Waals surface area (Å²) < 4.78 is 0. The Bertz CT molecular complexity index is 564. The van der Waals surface area contributed by atoms with Crippen molar-refractivity contribution in [1.29, 1.82) is 0 Å². The van der Waals surface area contributed by atoms with Gasteiger partial charge in [0.1, 0.15) is 0 Å². The molecule has 1 N–H and O–H groups in total. The molecule has 1 aromatic rings. The molecule has 2 heterocycles. The quantitative estimate of drug-likeness (QED) is 0.687. The highest BCUT2D eigenvalue weighted by atomic mass is 15.3. The number of hydrogen-bond donors (Lipinski definition) is 1. The summed E-state index contributed by atoms with van der Waals surface area (Å²) in [4.78, 5) is 9.28. The van der Waals surface area contributed by atoms with Crippen molar-refractivity contribution in [2.75, 3.05) is 40.3 Å². The molecule has 1 atom stereocenters. The van der Waals surface area contributed by atoms with Crippen LogP contribution < -0.4 is 5.32 Å². The van der Waals surface area contributed by atoms with E-state index in [0.29, 0.717) is 6.04 Å². The Morgan fingerprint density at radius 2 is 2.09 bits per heavy atom. The van der Waals surface area contributed by atoms with Gasteiger partial charge in [-0.1, -0.05) is 36.4 Å². The van der Waals surface area contributed by atoms with Crippen LogP contribution in [0, 0.1) is 0 Å². The molecule has 0 spiro atoms. The molecule has 124 valence electrons. The fourth-order valence-electron chi connectivity index (χ4n) is 3.55. The van der Waals surface area contributed by atoms with Gasteiger partial charge in [-0.15, -0.1) is 0 Å². The Morgan fingerprint density at radius 3 is 2.70 bits per heavy atom. The van der Waals surface area contributed by atoms with E-state index in [1.54, 1.807) is 0 Å². The molecule has 23 heavy (non-hydrogen) atoms. The second kappa shape index (κ2) is 7.64. The van der Waals surface area contributed by atoms with Crippen molar-refractivity contribution in [3.63, 3.8) is 0 Å². The summed E-state index contributed by atoms with van der Waals surface area (Å²) in [6, 6.07) is 11.3. The van der Waals surface area contributed by atoms with Crippen molar-refractivity contribution >= 4 is 11.5 Å². The molecular formula is C19H28N4. The second-order valence-corrected chi connectivity index (χ2v) is 6.50. The Morgan fingerprint density at radius 1 is 1.26 bits per heavy atom. The average Bonchev–Trinajstić information content (AvgIpc) is 3.02. The van der Waals surface area contributed by atoms with Gasteiger partial charge in [-0.3, -0.25) is 4.99 Å². The van der Waals surface area contributed by atoms with Gasteiger partial charge in [-0.05, 0) is 44.0 Å². The molecule has 0 amide bonds. The third-order valence-electron chi connectivity index (χ3n) is 5.03. The third-order valence-corrected chi connectivity index (χ3v) is 5.03. The largest absolute Gasteiger partial charge is 0.355 e. The first-order valence-corrected chi connectivity index (χ1v) is 8.68. The van der Waals surface area contributed by atoms with Crippen LogP contribution in [0.4, 0.5) is 0 Å². The van der Waals surface area contributed by atoms with Crippen molar-refractivity contribution in [3.8, 4) is 0 Å². The number of likely N-dealkylation sites (tertiary alicyclic amines) is 1. The molecule has 1 saturated heterocycles. The van der Waals surface area contributed by atoms with E-state index >= 15 is 0 Å². The molecule has 1 fully saturated rings. The van der Waals surface area contributed by atoms with Crippen LogP contribution in [0.15, 0.2) is 41.4 Å². The fourth-order valence-corrected chi connectivity index (χ4v) is 3.55. The fraction of sp³-hybridized carbons (Fsp3) is 0.526. The lowest BCUT2D eigenvalue weighted by Crippen LogP contribution is -2.47. The van der Waals surface area contributed by atoms with Crippen LogP contribution in [0.5, 0.6) is 0 Å². The lowest BCUT2D eigenvalue weighted by atomic mass is 10.00. The average molecular weight is 312 g/mol. The van der Waals surface area contributed by atoms with E-state index in [4.69, 9.17) is 0 Å². The first-order valence-electron chi connectivity index (χ1n) is 8.68. The summed E-state index contributed by atoms with van der Waals surface area (Å²) in [5, 5.41) is 3.57. The predicted octanol–water partition coefficient (Wildman–Crippen LogP) is 2.45. The van der Waals surface area contributed by atoms with Crippen LogP contribution in [-0.4, -0.2) is 62.1 Å². The molecule has 2 aliphatic rings. The second-order valence-electron chi connectivity index (χ2n) is 6.50. The Balaban J connectivity index is 1.56. The highest BCUT2D eigenvalue weighted by Crippen LogP contribution is 2.22. The highest BCUT2D eigenvalue weighted by Gasteiger charge is 2.22. The number of likely N-dealkylation sites (N-methyl/N-ethyl adjacent to an activating group) is 1. The lowest BCUT2D eigenvalue weighted by molar-refractivity contribution is 0.306. The smallest absolute Gasteiger partial charge is 0.193 e. The monoisotopic (exact) mass is 312 g/mol. The van der Waals surface area contributed by atoms with Crippen molar-refractivity contribution in [2.24, 2.45) is 4.99 Å². The molecule has 4 heteroatoms. The zero-order valence-electron chi connectivity index (χ0n) is 14.3. The van der Waals surface area contributed by atoms with Gasteiger partial charge >= 0.3 is 0 Å². The van der Waals surface area contributed by atoms with Crippen molar-refractivity contribution < 1.29 is 0 Å². The summed E-state index contributed by atoms with van der Waals surface area (Å²) in [5.41, 5.74) is 2.80. The van der Waals surface area contributed by atoms with Gasteiger partial charge in [-0.2, -0.15) is 0 Å². The third kappa shape index (κ3) is 3.94. The maximum absolute atomic E-state index is 4.48. The van der Waals surface area contributed by atoms with E-state index < -0.39 is 0 Å². The minimum absolute atomic E-state index is 0.645. The number of aliphatic imine (C=N–C) groups is 1. The Hall–Kier alpha value is -1.81. The molecule has 0 bridgehead atoms. The Labute approximate surface area is 139 Å². The molecule has 3 rings (SSSR count). The number of hydrogen-bond acceptors (Lipinski definition) is 2. The van der Waals surface area contributed by atoms with Gasteiger partial charge in [0.15, 0.2) is 5.96 Å². The number of rotatable bonds is 3. The van der Waals surface area contributed by atoms with Gasteiger partial charge in [0.05, 0.1) is 0 Å². The number of nitrogens with zero attached hydrogens (tertiary/aromatic N) is 3. The summed E-state index contributed by atoms with van der Waals surface area (Å²) >= 11 is 0. The maximum atomic E-state index is 4.48. The standard InChI is InChI=1S/C19H28N4/c1-20-19(21-15-18-9-6-12-22(18)2)23-13-10-17(11-14-23)16-7-4-3-5-8-16/h3-5,7-8,10,18H,6,9,11-15H2,1-2H3,(H,20,21). The van der Waals surface area contributed by atoms with Crippen molar-refractivity contribution in [2.45, 2.75) is 25.3 Å². The number of benzene rings is 1. The SMILES string of the molecule is CN=C(NCC1CCCN1C)N1CC=C(c2ccccc2)CC1. The zero-order valence-corrected chi connectivity index (χ0v) is 14.3. The van der Waals surface area contributed by atoms with E-state index in [2.05, 4.69) is 63.6 Å². The van der Waals surface area contributed by atoms with Crippen LogP contribution in [0.1, 0.15) is 24.8 Å². The van der Waals surface area contributed by atoms with Crippen LogP contribution >= 0.6 is 0 Å². The van der Waals surface area contributed by atoms with E-state index in [-0.39, 0.29) is 0 Å². The van der Waals surface area contributed by atoms with Gasteiger partial charge in [0, 0.05) is 32.7 Å². The summed E-state index contributed by atoms with van der Waals surface area (Å²) in [5.74, 6) is 1.04. The summed E-state index contributed by atoms with van der Waals surface area (Å²) in [7, 11) is 4.11. The first-order chi connectivity index (χ1) is 11.3. The Kier molecular flexibility index (Phi) is 5.34. The van der Waals surface area contributed by atoms with Gasteiger partial charge in [-0.25, -0.2) is 0 Å². The van der Waals surface area contributed by atoms with Crippen molar-refractivity contribution in [1.82, 2.24) is 15.1 Å². The lowest BCUT2D eigenvalue weighted by Gasteiger charge is -2.31. The normalized spacial score (nSPS) is 23.0. The minimum atomic E-state index is 0.645. The van der Waals surface area contributed by atoms with Gasteiger partial charge in [0.25, 0.3) is 0 Å². The molecule has 0 radical (unpaired) electrons. The van der Waals surface area contributed by atoms with Crippen LogP contribution in [-0.2, 0) is 0 Å². The van der Waals surface area contributed by atoms with E-state index in [0.717, 1.165) is 32.0 Å². The molecule has 1 aromatic carbocycles. The van der Waals surface area contributed by atoms with E-state index in [9.17, 15) is 0 Å². The van der Waals surface area contributed by atoms with Gasteiger partial charge < -0.3 is 15.1 Å². The molecule has 0 aromatic heterocycles. The topological polar surface area (TPSA) is 30.9 Å². The molecule has 0 aliphatic carbocycles. The van der Waals surface area contributed by atoms with E-state index in [1.165, 1.54) is 30.5 Å². The van der Waals surface area contributed by atoms with Crippen LogP contribution in [0.2, 0.25) is 0 Å². The van der Waals surface area contributed by atoms with Gasteiger partial charge in [0.2, 0.25) is 0 Å². The highest BCUT2D eigenvalue weighted by molar-refractivity contribution is 5.81. The summed E-state index contributed by atoms with van der Waals surface area (Å²) in [6.07, 6.45) is 6.02.